The molecule has 1 aromatic heterocycles. The first-order chi connectivity index (χ1) is 12.7. The van der Waals surface area contributed by atoms with Gasteiger partial charge in [-0.3, -0.25) is 9.88 Å². The van der Waals surface area contributed by atoms with Gasteiger partial charge in [0, 0.05) is 38.1 Å². The lowest BCUT2D eigenvalue weighted by Crippen LogP contribution is -2.50. The number of benzene rings is 1. The van der Waals surface area contributed by atoms with Crippen LogP contribution < -0.4 is 5.32 Å². The van der Waals surface area contributed by atoms with Crippen LogP contribution in [0.15, 0.2) is 36.4 Å². The minimum Gasteiger partial charge on any atom is -0.379 e. The SMILES string of the molecule is CC[C@@H](CNC(=O)N(C)Cc1ccc2ccccc2n1)N1CCOCC1. The Morgan fingerprint density at radius 3 is 2.81 bits per heavy atom. The number of rotatable bonds is 6. The Morgan fingerprint density at radius 2 is 2.04 bits per heavy atom. The van der Waals surface area contributed by atoms with Crippen LogP contribution in [-0.2, 0) is 11.3 Å². The topological polar surface area (TPSA) is 57.7 Å². The third-order valence-corrected chi connectivity index (χ3v) is 4.92. The maximum absolute atomic E-state index is 12.5. The van der Waals surface area contributed by atoms with Crippen LogP contribution in [-0.4, -0.2) is 66.8 Å². The molecule has 0 saturated carbocycles. The first-order valence-corrected chi connectivity index (χ1v) is 9.33. The smallest absolute Gasteiger partial charge is 0.317 e. The molecule has 2 amide bonds. The predicted octanol–water partition coefficient (Wildman–Crippen LogP) is 2.49. The molecule has 6 heteroatoms. The molecule has 2 heterocycles. The third-order valence-electron chi connectivity index (χ3n) is 4.92. The summed E-state index contributed by atoms with van der Waals surface area (Å²) in [5, 5.41) is 4.18. The largest absolute Gasteiger partial charge is 0.379 e. The van der Waals surface area contributed by atoms with Crippen molar-refractivity contribution in [3.8, 4) is 0 Å². The Kier molecular flexibility index (Phi) is 6.41. The molecular formula is C20H28N4O2. The van der Waals surface area contributed by atoms with Gasteiger partial charge in [0.25, 0.3) is 0 Å². The van der Waals surface area contributed by atoms with E-state index in [4.69, 9.17) is 4.74 Å². The van der Waals surface area contributed by atoms with Crippen LogP contribution in [0.5, 0.6) is 0 Å². The molecule has 1 aliphatic rings. The molecular weight excluding hydrogens is 328 g/mol. The number of pyridine rings is 1. The summed E-state index contributed by atoms with van der Waals surface area (Å²) < 4.78 is 5.41. The molecule has 0 radical (unpaired) electrons. The molecule has 6 nitrogen and oxygen atoms in total. The number of urea groups is 1. The Morgan fingerprint density at radius 1 is 1.27 bits per heavy atom. The summed E-state index contributed by atoms with van der Waals surface area (Å²) in [4.78, 5) is 21.2. The van der Waals surface area contributed by atoms with Crippen LogP contribution in [0.25, 0.3) is 10.9 Å². The molecule has 1 atom stereocenters. The number of nitrogens with zero attached hydrogens (tertiary/aromatic N) is 3. The fourth-order valence-corrected chi connectivity index (χ4v) is 3.33. The van der Waals surface area contributed by atoms with Gasteiger partial charge >= 0.3 is 6.03 Å². The first-order valence-electron chi connectivity index (χ1n) is 9.33. The van der Waals surface area contributed by atoms with E-state index in [0.29, 0.717) is 19.1 Å². The zero-order chi connectivity index (χ0) is 18.4. The maximum Gasteiger partial charge on any atom is 0.317 e. The van der Waals surface area contributed by atoms with Gasteiger partial charge in [-0.15, -0.1) is 0 Å². The minimum absolute atomic E-state index is 0.0633. The van der Waals surface area contributed by atoms with Crippen molar-refractivity contribution < 1.29 is 9.53 Å². The van der Waals surface area contributed by atoms with E-state index < -0.39 is 0 Å². The van der Waals surface area contributed by atoms with E-state index in [0.717, 1.165) is 49.3 Å². The van der Waals surface area contributed by atoms with E-state index in [1.165, 1.54) is 0 Å². The molecule has 0 spiro atoms. The number of morpholine rings is 1. The predicted molar refractivity (Wildman–Crippen MR) is 103 cm³/mol. The lowest BCUT2D eigenvalue weighted by molar-refractivity contribution is 0.0162. The monoisotopic (exact) mass is 356 g/mol. The van der Waals surface area contributed by atoms with Crippen LogP contribution in [0.3, 0.4) is 0 Å². The fourth-order valence-electron chi connectivity index (χ4n) is 3.33. The van der Waals surface area contributed by atoms with Gasteiger partial charge in [-0.1, -0.05) is 31.2 Å². The Bertz CT molecular complexity index is 731. The number of nitrogens with one attached hydrogen (secondary N) is 1. The van der Waals surface area contributed by atoms with Crippen molar-refractivity contribution in [3.05, 3.63) is 42.1 Å². The van der Waals surface area contributed by atoms with Gasteiger partial charge in [-0.25, -0.2) is 4.79 Å². The summed E-state index contributed by atoms with van der Waals surface area (Å²) in [6, 6.07) is 12.3. The number of amides is 2. The number of para-hydroxylation sites is 1. The van der Waals surface area contributed by atoms with E-state index in [-0.39, 0.29) is 6.03 Å². The van der Waals surface area contributed by atoms with Crippen LogP contribution in [0.1, 0.15) is 19.0 Å². The van der Waals surface area contributed by atoms with Gasteiger partial charge in [0.15, 0.2) is 0 Å². The number of hydrogen-bond acceptors (Lipinski definition) is 4. The van der Waals surface area contributed by atoms with Crippen LogP contribution in [0, 0.1) is 0 Å². The molecule has 0 aliphatic carbocycles. The van der Waals surface area contributed by atoms with Gasteiger partial charge in [0.2, 0.25) is 0 Å². The number of carbonyl (C=O) groups excluding carboxylic acids is 1. The molecule has 140 valence electrons. The zero-order valence-electron chi connectivity index (χ0n) is 15.6. The third kappa shape index (κ3) is 4.71. The zero-order valence-corrected chi connectivity index (χ0v) is 15.6. The molecule has 1 aliphatic heterocycles. The lowest BCUT2D eigenvalue weighted by atomic mass is 10.2. The number of ether oxygens (including phenoxy) is 1. The highest BCUT2D eigenvalue weighted by molar-refractivity contribution is 5.78. The van der Waals surface area contributed by atoms with Crippen LogP contribution >= 0.6 is 0 Å². The average Bonchev–Trinajstić information content (AvgIpc) is 2.69. The van der Waals surface area contributed by atoms with Crippen molar-refractivity contribution in [2.75, 3.05) is 39.9 Å². The molecule has 0 bridgehead atoms. The van der Waals surface area contributed by atoms with Crippen LogP contribution in [0.2, 0.25) is 0 Å². The van der Waals surface area contributed by atoms with E-state index in [1.807, 2.05) is 37.4 Å². The summed E-state index contributed by atoms with van der Waals surface area (Å²) in [6.07, 6.45) is 1.01. The van der Waals surface area contributed by atoms with Gasteiger partial charge in [-0.2, -0.15) is 0 Å². The summed E-state index contributed by atoms with van der Waals surface area (Å²) in [5.74, 6) is 0. The molecule has 1 aromatic carbocycles. The lowest BCUT2D eigenvalue weighted by Gasteiger charge is -2.34. The van der Waals surface area contributed by atoms with Gasteiger partial charge in [0.05, 0.1) is 31.0 Å². The summed E-state index contributed by atoms with van der Waals surface area (Å²) >= 11 is 0. The highest BCUT2D eigenvalue weighted by Crippen LogP contribution is 2.13. The van der Waals surface area contributed by atoms with E-state index in [1.54, 1.807) is 4.90 Å². The van der Waals surface area contributed by atoms with E-state index in [2.05, 4.69) is 28.2 Å². The summed E-state index contributed by atoms with van der Waals surface area (Å²) in [6.45, 7) is 6.73. The fraction of sp³-hybridized carbons (Fsp3) is 0.500. The van der Waals surface area contributed by atoms with Gasteiger partial charge in [0.1, 0.15) is 0 Å². The first kappa shape index (κ1) is 18.6. The summed E-state index contributed by atoms with van der Waals surface area (Å²) in [7, 11) is 1.81. The molecule has 1 N–H and O–H groups in total. The average molecular weight is 356 g/mol. The molecule has 1 fully saturated rings. The Hall–Kier alpha value is -2.18. The second kappa shape index (κ2) is 8.96. The van der Waals surface area contributed by atoms with Gasteiger partial charge < -0.3 is 15.0 Å². The van der Waals surface area contributed by atoms with Crippen molar-refractivity contribution in [3.63, 3.8) is 0 Å². The number of aromatic nitrogens is 1. The molecule has 2 aromatic rings. The highest BCUT2D eigenvalue weighted by atomic mass is 16.5. The number of carbonyl (C=O) groups is 1. The van der Waals surface area contributed by atoms with Crippen molar-refractivity contribution >= 4 is 16.9 Å². The molecule has 3 rings (SSSR count). The second-order valence-electron chi connectivity index (χ2n) is 6.75. The maximum atomic E-state index is 12.5. The van der Waals surface area contributed by atoms with Gasteiger partial charge in [-0.05, 0) is 18.6 Å². The standard InChI is InChI=1S/C20H28N4O2/c1-3-18(24-10-12-26-13-11-24)14-21-20(25)23(2)15-17-9-8-16-6-4-5-7-19(16)22-17/h4-9,18H,3,10-15H2,1-2H3,(H,21,25)/t18-/m0/s1. The molecule has 0 unspecified atom stereocenters. The second-order valence-corrected chi connectivity index (χ2v) is 6.75. The van der Waals surface area contributed by atoms with E-state index in [9.17, 15) is 4.79 Å². The van der Waals surface area contributed by atoms with Crippen molar-refractivity contribution in [1.82, 2.24) is 20.1 Å². The summed E-state index contributed by atoms with van der Waals surface area (Å²) in [5.41, 5.74) is 1.85. The Labute approximate surface area is 155 Å². The van der Waals surface area contributed by atoms with E-state index >= 15 is 0 Å². The van der Waals surface area contributed by atoms with Crippen molar-refractivity contribution in [2.45, 2.75) is 25.9 Å². The molecule has 26 heavy (non-hydrogen) atoms. The highest BCUT2D eigenvalue weighted by Gasteiger charge is 2.20. The Balaban J connectivity index is 1.53. The molecule has 1 saturated heterocycles. The normalized spacial score (nSPS) is 16.4. The number of fused-ring (bicyclic) bond motifs is 1. The van der Waals surface area contributed by atoms with Crippen LogP contribution in [0.4, 0.5) is 4.79 Å². The minimum atomic E-state index is -0.0633. The number of hydrogen-bond donors (Lipinski definition) is 1. The van der Waals surface area contributed by atoms with Crippen molar-refractivity contribution in [1.29, 1.82) is 0 Å². The quantitative estimate of drug-likeness (QED) is 0.864. The van der Waals surface area contributed by atoms with Crippen molar-refractivity contribution in [2.24, 2.45) is 0 Å².